The molecule has 2 aromatic rings. The number of nitriles is 2. The molecule has 0 saturated carbocycles. The van der Waals surface area contributed by atoms with Gasteiger partial charge < -0.3 is 10.1 Å². The number of hydrogen-bond donors (Lipinski definition) is 1. The Morgan fingerprint density at radius 3 is 2.83 bits per heavy atom. The Balaban J connectivity index is 2.02. The molecule has 5 nitrogen and oxygen atoms in total. The van der Waals surface area contributed by atoms with Crippen LogP contribution in [0, 0.1) is 28.5 Å². The molecule has 1 aliphatic rings. The van der Waals surface area contributed by atoms with Gasteiger partial charge in [-0.1, -0.05) is 6.07 Å². The number of halogens is 1. The number of nitrogens with one attached hydrogen (secondary N) is 1. The monoisotopic (exact) mass is 321 g/mol. The SMILES string of the molecule is N#Cc1ccc2c(c1)-c1cc(F)c(CC(C#N)NC=O)cc1OC2. The van der Waals surface area contributed by atoms with Gasteiger partial charge in [0.2, 0.25) is 6.41 Å². The van der Waals surface area contributed by atoms with Crippen molar-refractivity contribution in [3.63, 3.8) is 0 Å². The fourth-order valence-corrected chi connectivity index (χ4v) is 2.70. The average molecular weight is 321 g/mol. The number of fused-ring (bicyclic) bond motifs is 3. The molecule has 1 unspecified atom stereocenters. The number of benzene rings is 2. The van der Waals surface area contributed by atoms with Gasteiger partial charge in [0.1, 0.15) is 24.2 Å². The van der Waals surface area contributed by atoms with Gasteiger partial charge in [0, 0.05) is 12.0 Å². The lowest BCUT2D eigenvalue weighted by atomic mass is 9.93. The maximum absolute atomic E-state index is 14.4. The molecule has 1 heterocycles. The van der Waals surface area contributed by atoms with Gasteiger partial charge >= 0.3 is 0 Å². The molecule has 24 heavy (non-hydrogen) atoms. The van der Waals surface area contributed by atoms with E-state index in [4.69, 9.17) is 15.3 Å². The van der Waals surface area contributed by atoms with E-state index in [1.165, 1.54) is 6.07 Å². The van der Waals surface area contributed by atoms with Crippen LogP contribution in [-0.2, 0) is 17.8 Å². The van der Waals surface area contributed by atoms with Gasteiger partial charge in [-0.25, -0.2) is 4.39 Å². The smallest absolute Gasteiger partial charge is 0.208 e. The lowest BCUT2D eigenvalue weighted by Gasteiger charge is -2.22. The summed E-state index contributed by atoms with van der Waals surface area (Å²) < 4.78 is 20.1. The van der Waals surface area contributed by atoms with Crippen molar-refractivity contribution in [2.75, 3.05) is 0 Å². The summed E-state index contributed by atoms with van der Waals surface area (Å²) in [5, 5.41) is 20.4. The largest absolute Gasteiger partial charge is 0.488 e. The maximum Gasteiger partial charge on any atom is 0.208 e. The fourth-order valence-electron chi connectivity index (χ4n) is 2.70. The van der Waals surface area contributed by atoms with Crippen LogP contribution in [0.5, 0.6) is 5.75 Å². The van der Waals surface area contributed by atoms with Gasteiger partial charge in [-0.3, -0.25) is 4.79 Å². The van der Waals surface area contributed by atoms with Crippen LogP contribution in [-0.4, -0.2) is 12.5 Å². The van der Waals surface area contributed by atoms with E-state index in [0.29, 0.717) is 29.9 Å². The molecular weight excluding hydrogens is 309 g/mol. The first-order chi connectivity index (χ1) is 11.7. The maximum atomic E-state index is 14.4. The first kappa shape index (κ1) is 15.5. The van der Waals surface area contributed by atoms with Crippen LogP contribution in [0.25, 0.3) is 11.1 Å². The Morgan fingerprint density at radius 1 is 1.29 bits per heavy atom. The Kier molecular flexibility index (Phi) is 4.13. The third kappa shape index (κ3) is 2.78. The highest BCUT2D eigenvalue weighted by atomic mass is 19.1. The molecule has 0 saturated heterocycles. The van der Waals surface area contributed by atoms with Crippen molar-refractivity contribution in [2.24, 2.45) is 0 Å². The molecule has 1 atom stereocenters. The van der Waals surface area contributed by atoms with Crippen molar-refractivity contribution in [1.82, 2.24) is 5.32 Å². The molecule has 0 fully saturated rings. The zero-order valence-corrected chi connectivity index (χ0v) is 12.5. The molecule has 118 valence electrons. The molecule has 0 aliphatic carbocycles. The average Bonchev–Trinajstić information content (AvgIpc) is 2.61. The zero-order valence-electron chi connectivity index (χ0n) is 12.5. The van der Waals surface area contributed by atoms with E-state index in [0.717, 1.165) is 11.1 Å². The van der Waals surface area contributed by atoms with Crippen molar-refractivity contribution in [2.45, 2.75) is 19.1 Å². The van der Waals surface area contributed by atoms with Crippen molar-refractivity contribution >= 4 is 6.41 Å². The third-order valence-electron chi connectivity index (χ3n) is 3.91. The highest BCUT2D eigenvalue weighted by Gasteiger charge is 2.21. The van der Waals surface area contributed by atoms with Crippen LogP contribution in [0.15, 0.2) is 30.3 Å². The predicted molar refractivity (Wildman–Crippen MR) is 83.2 cm³/mol. The molecule has 1 amide bonds. The van der Waals surface area contributed by atoms with Crippen LogP contribution in [0.1, 0.15) is 16.7 Å². The second-order valence-electron chi connectivity index (χ2n) is 5.38. The van der Waals surface area contributed by atoms with E-state index in [9.17, 15) is 9.18 Å². The van der Waals surface area contributed by atoms with Gasteiger partial charge in [0.05, 0.1) is 17.7 Å². The second kappa shape index (κ2) is 6.39. The molecule has 1 N–H and O–H groups in total. The van der Waals surface area contributed by atoms with Gasteiger partial charge in [-0.2, -0.15) is 10.5 Å². The van der Waals surface area contributed by atoms with Gasteiger partial charge in [0.25, 0.3) is 0 Å². The first-order valence-electron chi connectivity index (χ1n) is 7.24. The highest BCUT2D eigenvalue weighted by Crippen LogP contribution is 2.39. The van der Waals surface area contributed by atoms with E-state index in [2.05, 4.69) is 11.4 Å². The van der Waals surface area contributed by atoms with E-state index < -0.39 is 11.9 Å². The number of nitrogens with zero attached hydrogens (tertiary/aromatic N) is 2. The van der Waals surface area contributed by atoms with Crippen molar-refractivity contribution in [3.05, 3.63) is 52.8 Å². The molecule has 6 heteroatoms. The highest BCUT2D eigenvalue weighted by molar-refractivity contribution is 5.76. The Hall–Kier alpha value is -3.38. The zero-order chi connectivity index (χ0) is 17.1. The van der Waals surface area contributed by atoms with E-state index >= 15 is 0 Å². The molecule has 2 aromatic carbocycles. The summed E-state index contributed by atoms with van der Waals surface area (Å²) in [7, 11) is 0. The number of carbonyl (C=O) groups is 1. The minimum Gasteiger partial charge on any atom is -0.488 e. The van der Waals surface area contributed by atoms with Crippen LogP contribution < -0.4 is 10.1 Å². The molecule has 0 aromatic heterocycles. The van der Waals surface area contributed by atoms with Gasteiger partial charge in [-0.15, -0.1) is 0 Å². The summed E-state index contributed by atoms with van der Waals surface area (Å²) in [6, 6.07) is 11.3. The number of ether oxygens (including phenoxy) is 1. The topological polar surface area (TPSA) is 85.9 Å². The minimum atomic E-state index is -0.809. The summed E-state index contributed by atoms with van der Waals surface area (Å²) in [5.74, 6) is 0.0114. The standard InChI is InChI=1S/C18H12FN3O2/c19-17-6-16-15-3-11(7-20)1-2-12(15)9-24-18(16)5-13(17)4-14(8-21)22-10-23/h1-3,5-6,10,14H,4,9H2,(H,22,23). The van der Waals surface area contributed by atoms with Crippen molar-refractivity contribution in [1.29, 1.82) is 10.5 Å². The molecule has 1 aliphatic heterocycles. The van der Waals surface area contributed by atoms with E-state index in [1.54, 1.807) is 24.3 Å². The third-order valence-corrected chi connectivity index (χ3v) is 3.91. The summed E-state index contributed by atoms with van der Waals surface area (Å²) >= 11 is 0. The Labute approximate surface area is 137 Å². The fraction of sp³-hybridized carbons (Fsp3) is 0.167. The van der Waals surface area contributed by atoms with Crippen LogP contribution >= 0.6 is 0 Å². The number of hydrogen-bond acceptors (Lipinski definition) is 4. The Morgan fingerprint density at radius 2 is 2.12 bits per heavy atom. The lowest BCUT2D eigenvalue weighted by molar-refractivity contribution is -0.109. The summed E-state index contributed by atoms with van der Waals surface area (Å²) in [6.07, 6.45) is 0.461. The second-order valence-corrected chi connectivity index (χ2v) is 5.38. The summed E-state index contributed by atoms with van der Waals surface area (Å²) in [6.45, 7) is 0.327. The van der Waals surface area contributed by atoms with Gasteiger partial charge in [-0.05, 0) is 41.0 Å². The molecule has 0 spiro atoms. The van der Waals surface area contributed by atoms with Crippen LogP contribution in [0.2, 0.25) is 0 Å². The number of carbonyl (C=O) groups excluding carboxylic acids is 1. The predicted octanol–water partition coefficient (Wildman–Crippen LogP) is 2.44. The first-order valence-corrected chi connectivity index (χ1v) is 7.24. The van der Waals surface area contributed by atoms with Crippen LogP contribution in [0.3, 0.4) is 0 Å². The molecule has 0 bridgehead atoms. The summed E-state index contributed by atoms with van der Waals surface area (Å²) in [5.41, 5.74) is 3.00. The lowest BCUT2D eigenvalue weighted by Crippen LogP contribution is -2.28. The Bertz CT molecular complexity index is 896. The van der Waals surface area contributed by atoms with E-state index in [-0.39, 0.29) is 12.0 Å². The minimum absolute atomic E-state index is 0.0445. The quantitative estimate of drug-likeness (QED) is 0.876. The van der Waals surface area contributed by atoms with E-state index in [1.807, 2.05) is 6.07 Å². The molecule has 3 rings (SSSR count). The van der Waals surface area contributed by atoms with Crippen molar-refractivity contribution in [3.8, 4) is 29.0 Å². The summed E-state index contributed by atoms with van der Waals surface area (Å²) in [4.78, 5) is 10.5. The molecule has 0 radical (unpaired) electrons. The van der Waals surface area contributed by atoms with Crippen LogP contribution in [0.4, 0.5) is 4.39 Å². The van der Waals surface area contributed by atoms with Crippen molar-refractivity contribution < 1.29 is 13.9 Å². The molecular formula is C18H12FN3O2. The van der Waals surface area contributed by atoms with Gasteiger partial charge in [0.15, 0.2) is 0 Å². The number of amides is 1. The normalized spacial score (nSPS) is 12.6. The number of rotatable bonds is 4.